The lowest BCUT2D eigenvalue weighted by molar-refractivity contribution is -0.154. The van der Waals surface area contributed by atoms with Gasteiger partial charge in [0.25, 0.3) is 0 Å². The molecule has 3 atom stereocenters. The maximum Gasteiger partial charge on any atom is 0.472 e. The molecule has 0 saturated carbocycles. The number of aliphatic carboxylic acids is 1. The fraction of sp³-hybridized carbons (Fsp3) is 0.850. The van der Waals surface area contributed by atoms with Crippen LogP contribution in [-0.4, -0.2) is 60.5 Å². The highest BCUT2D eigenvalue weighted by Gasteiger charge is 2.27. The van der Waals surface area contributed by atoms with E-state index >= 15 is 0 Å². The van der Waals surface area contributed by atoms with E-state index in [0.717, 1.165) is 44.9 Å². The van der Waals surface area contributed by atoms with Crippen molar-refractivity contribution >= 4 is 19.8 Å². The third-order valence-electron chi connectivity index (χ3n) is 8.73. The molecule has 0 saturated heterocycles. The number of carbonyl (C=O) groups is 2. The second-order valence-electron chi connectivity index (χ2n) is 13.8. The molecule has 0 amide bonds. The highest BCUT2D eigenvalue weighted by Crippen LogP contribution is 2.43. The van der Waals surface area contributed by atoms with Crippen molar-refractivity contribution in [2.45, 2.75) is 193 Å². The molecule has 0 aromatic carbocycles. The van der Waals surface area contributed by atoms with Crippen molar-refractivity contribution in [1.82, 2.24) is 0 Å². The van der Waals surface area contributed by atoms with Crippen molar-refractivity contribution in [3.63, 3.8) is 0 Å². The highest BCUT2D eigenvalue weighted by molar-refractivity contribution is 7.47. The first-order valence-electron chi connectivity index (χ1n) is 20.4. The number of ether oxygens (including phenoxy) is 2. The zero-order valence-electron chi connectivity index (χ0n) is 32.5. The van der Waals surface area contributed by atoms with Gasteiger partial charge in [-0.05, 0) is 38.5 Å². The summed E-state index contributed by atoms with van der Waals surface area (Å²) in [6, 6.07) is -1.47. The van der Waals surface area contributed by atoms with E-state index in [0.29, 0.717) is 13.0 Å². The van der Waals surface area contributed by atoms with Gasteiger partial charge in [0.15, 0.2) is 0 Å². The number of nitrogens with two attached hydrogens (primary N) is 1. The normalized spacial score (nSPS) is 14.3. The minimum atomic E-state index is -4.61. The predicted molar refractivity (Wildman–Crippen MR) is 208 cm³/mol. The van der Waals surface area contributed by atoms with Gasteiger partial charge in [-0.1, -0.05) is 160 Å². The second-order valence-corrected chi connectivity index (χ2v) is 15.2. The Morgan fingerprint density at radius 1 is 0.627 bits per heavy atom. The molecule has 300 valence electrons. The number of esters is 1. The van der Waals surface area contributed by atoms with Crippen molar-refractivity contribution < 1.29 is 42.7 Å². The number of allylic oxidation sites excluding steroid dienone is 4. The fourth-order valence-corrected chi connectivity index (χ4v) is 6.28. The summed E-state index contributed by atoms with van der Waals surface area (Å²) in [4.78, 5) is 33.4. The Morgan fingerprint density at radius 3 is 1.65 bits per heavy atom. The molecule has 0 aliphatic heterocycles. The molecule has 0 aromatic rings. The number of phosphoric ester groups is 1. The van der Waals surface area contributed by atoms with Crippen LogP contribution in [0.5, 0.6) is 0 Å². The largest absolute Gasteiger partial charge is 0.480 e. The second kappa shape index (κ2) is 36.8. The molecule has 10 nitrogen and oxygen atoms in total. The van der Waals surface area contributed by atoms with E-state index in [9.17, 15) is 19.0 Å². The Labute approximate surface area is 311 Å². The standard InChI is InChI=1S/C40H76NO9P/c1-3-5-7-9-11-13-15-17-19-21-23-25-27-29-31-33-47-34-37(35-48-51(45,46)49-36-38(41)40(43)44)50-39(42)32-30-28-26-24-22-20-18-16-14-12-10-8-6-4-2/h9,11,15,17,37-38H,3-8,10,12-14,16,18-36,41H2,1-2H3,(H,43,44)(H,45,46)/b11-9-,17-15-. The Bertz CT molecular complexity index is 914. The molecule has 0 spiro atoms. The molecular weight excluding hydrogens is 669 g/mol. The van der Waals surface area contributed by atoms with Crippen LogP contribution >= 0.6 is 7.82 Å². The summed E-state index contributed by atoms with van der Waals surface area (Å²) in [5.74, 6) is -1.78. The minimum Gasteiger partial charge on any atom is -0.480 e. The summed E-state index contributed by atoms with van der Waals surface area (Å²) in [7, 11) is -4.61. The molecule has 0 rings (SSSR count). The third-order valence-corrected chi connectivity index (χ3v) is 9.68. The molecule has 0 aliphatic rings. The van der Waals surface area contributed by atoms with Gasteiger partial charge in [-0.25, -0.2) is 4.57 Å². The summed E-state index contributed by atoms with van der Waals surface area (Å²) in [5.41, 5.74) is 5.34. The number of phosphoric acid groups is 1. The molecule has 3 unspecified atom stereocenters. The predicted octanol–water partition coefficient (Wildman–Crippen LogP) is 10.8. The van der Waals surface area contributed by atoms with Gasteiger partial charge in [-0.3, -0.25) is 18.6 Å². The molecule has 0 aliphatic carbocycles. The Balaban J connectivity index is 4.28. The quantitative estimate of drug-likeness (QED) is 0.0240. The first-order chi connectivity index (χ1) is 24.7. The number of unbranched alkanes of at least 4 members (excludes halogenated alkanes) is 21. The summed E-state index contributed by atoms with van der Waals surface area (Å²) >= 11 is 0. The van der Waals surface area contributed by atoms with Gasteiger partial charge in [0, 0.05) is 13.0 Å². The Morgan fingerprint density at radius 2 is 1.10 bits per heavy atom. The Hall–Kier alpha value is -1.55. The molecule has 0 aromatic heterocycles. The van der Waals surface area contributed by atoms with Crippen molar-refractivity contribution in [1.29, 1.82) is 0 Å². The molecule has 0 heterocycles. The molecule has 0 radical (unpaired) electrons. The van der Waals surface area contributed by atoms with E-state index in [1.807, 2.05) is 0 Å². The number of carboxylic acids is 1. The summed E-state index contributed by atoms with van der Waals surface area (Å²) in [6.07, 6.45) is 37.9. The van der Waals surface area contributed by atoms with E-state index in [2.05, 4.69) is 38.2 Å². The number of carbonyl (C=O) groups excluding carboxylic acids is 1. The van der Waals surface area contributed by atoms with Gasteiger partial charge in [0.2, 0.25) is 0 Å². The summed E-state index contributed by atoms with van der Waals surface area (Å²) in [5, 5.41) is 8.87. The van der Waals surface area contributed by atoms with Gasteiger partial charge in [-0.15, -0.1) is 0 Å². The van der Waals surface area contributed by atoms with Crippen LogP contribution in [0.3, 0.4) is 0 Å². The van der Waals surface area contributed by atoms with Gasteiger partial charge in [-0.2, -0.15) is 0 Å². The molecule has 51 heavy (non-hydrogen) atoms. The lowest BCUT2D eigenvalue weighted by Gasteiger charge is -2.20. The third kappa shape index (κ3) is 36.6. The van der Waals surface area contributed by atoms with Crippen LogP contribution in [0.25, 0.3) is 0 Å². The molecule has 0 bridgehead atoms. The highest BCUT2D eigenvalue weighted by atomic mass is 31.2. The van der Waals surface area contributed by atoms with Crippen LogP contribution in [0.1, 0.15) is 181 Å². The number of hydrogen-bond acceptors (Lipinski definition) is 8. The first kappa shape index (κ1) is 49.5. The monoisotopic (exact) mass is 746 g/mol. The molecule has 11 heteroatoms. The fourth-order valence-electron chi connectivity index (χ4n) is 5.50. The summed E-state index contributed by atoms with van der Waals surface area (Å²) < 4.78 is 33.3. The minimum absolute atomic E-state index is 0.0131. The van der Waals surface area contributed by atoms with Crippen molar-refractivity contribution in [2.75, 3.05) is 26.4 Å². The van der Waals surface area contributed by atoms with Gasteiger partial charge >= 0.3 is 19.8 Å². The van der Waals surface area contributed by atoms with E-state index < -0.39 is 45.1 Å². The lowest BCUT2D eigenvalue weighted by Crippen LogP contribution is -2.34. The van der Waals surface area contributed by atoms with Crippen molar-refractivity contribution in [2.24, 2.45) is 5.73 Å². The van der Waals surface area contributed by atoms with Crippen LogP contribution in [-0.2, 0) is 32.7 Å². The zero-order chi connectivity index (χ0) is 37.7. The molecular formula is C40H76NO9P. The lowest BCUT2D eigenvalue weighted by atomic mass is 10.0. The van der Waals surface area contributed by atoms with Crippen LogP contribution in [0.15, 0.2) is 24.3 Å². The van der Waals surface area contributed by atoms with E-state index in [1.54, 1.807) is 0 Å². The Kier molecular flexibility index (Phi) is 35.7. The van der Waals surface area contributed by atoms with Gasteiger partial charge < -0.3 is 25.2 Å². The number of carboxylic acid groups (broad SMARTS) is 1. The molecule has 0 fully saturated rings. The summed E-state index contributed by atoms with van der Waals surface area (Å²) in [6.45, 7) is 3.82. The first-order valence-corrected chi connectivity index (χ1v) is 21.9. The van der Waals surface area contributed by atoms with E-state index in [-0.39, 0.29) is 13.0 Å². The average molecular weight is 746 g/mol. The maximum absolute atomic E-state index is 12.6. The van der Waals surface area contributed by atoms with E-state index in [1.165, 1.54) is 109 Å². The average Bonchev–Trinajstić information content (AvgIpc) is 3.10. The van der Waals surface area contributed by atoms with Crippen LogP contribution in [0.4, 0.5) is 0 Å². The molecule has 4 N–H and O–H groups in total. The van der Waals surface area contributed by atoms with Gasteiger partial charge in [0.1, 0.15) is 12.1 Å². The SMILES string of the molecule is CCCC/C=C\C/C=C\CCCCCCCCOCC(COP(=O)(O)OCC(N)C(=O)O)OC(=O)CCCCCCCCCCCCCCCC. The van der Waals surface area contributed by atoms with Crippen LogP contribution in [0.2, 0.25) is 0 Å². The van der Waals surface area contributed by atoms with E-state index in [4.69, 9.17) is 29.4 Å². The zero-order valence-corrected chi connectivity index (χ0v) is 33.3. The van der Waals surface area contributed by atoms with Crippen molar-refractivity contribution in [3.05, 3.63) is 24.3 Å². The van der Waals surface area contributed by atoms with Crippen LogP contribution < -0.4 is 5.73 Å². The number of rotatable bonds is 39. The van der Waals surface area contributed by atoms with Crippen molar-refractivity contribution in [3.8, 4) is 0 Å². The maximum atomic E-state index is 12.6. The number of hydrogen-bond donors (Lipinski definition) is 3. The smallest absolute Gasteiger partial charge is 0.472 e. The van der Waals surface area contributed by atoms with Gasteiger partial charge in [0.05, 0.1) is 19.8 Å². The topological polar surface area (TPSA) is 155 Å². The van der Waals surface area contributed by atoms with Crippen LogP contribution in [0, 0.1) is 0 Å².